The van der Waals surface area contributed by atoms with E-state index >= 15 is 0 Å². The Balaban J connectivity index is 1.46. The molecule has 1 aromatic carbocycles. The summed E-state index contributed by atoms with van der Waals surface area (Å²) < 4.78 is 0. The van der Waals surface area contributed by atoms with Crippen molar-refractivity contribution >= 4 is 5.69 Å². The van der Waals surface area contributed by atoms with Gasteiger partial charge in [0.15, 0.2) is 0 Å². The lowest BCUT2D eigenvalue weighted by Crippen LogP contribution is -2.38. The van der Waals surface area contributed by atoms with Gasteiger partial charge in [0.1, 0.15) is 0 Å². The highest BCUT2D eigenvalue weighted by atomic mass is 16.3. The number of aliphatic hydroxyl groups excluding tert-OH is 1. The zero-order valence-electron chi connectivity index (χ0n) is 12.9. The molecule has 1 fully saturated rings. The predicted octanol–water partition coefficient (Wildman–Crippen LogP) is 3.29. The molecule has 22 heavy (non-hydrogen) atoms. The fraction of sp³-hybridized carbons (Fsp3) is 0.421. The number of aryl methyl sites for hydroxylation is 1. The van der Waals surface area contributed by atoms with E-state index in [9.17, 15) is 5.11 Å². The molecule has 1 saturated heterocycles. The molecule has 0 spiro atoms. The van der Waals surface area contributed by atoms with Gasteiger partial charge in [-0.2, -0.15) is 0 Å². The Morgan fingerprint density at radius 2 is 1.73 bits per heavy atom. The number of aromatic nitrogens is 1. The maximum Gasteiger partial charge on any atom is 0.0572 e. The summed E-state index contributed by atoms with van der Waals surface area (Å²) >= 11 is 0. The van der Waals surface area contributed by atoms with Gasteiger partial charge >= 0.3 is 0 Å². The second-order valence-corrected chi connectivity index (χ2v) is 6.12. The first kappa shape index (κ1) is 15.0. The summed E-state index contributed by atoms with van der Waals surface area (Å²) in [6.07, 6.45) is 7.47. The van der Waals surface area contributed by atoms with E-state index in [0.717, 1.165) is 38.8 Å². The van der Waals surface area contributed by atoms with Crippen LogP contribution < -0.4 is 4.90 Å². The lowest BCUT2D eigenvalue weighted by atomic mass is 9.88. The third-order valence-electron chi connectivity index (χ3n) is 4.68. The van der Waals surface area contributed by atoms with Crippen LogP contribution >= 0.6 is 0 Å². The molecule has 3 rings (SSSR count). The lowest BCUT2D eigenvalue weighted by Gasteiger charge is -2.35. The Morgan fingerprint density at radius 3 is 2.41 bits per heavy atom. The van der Waals surface area contributed by atoms with Crippen LogP contribution in [0.1, 0.15) is 24.8 Å². The number of benzene rings is 1. The molecule has 0 saturated carbocycles. The highest BCUT2D eigenvalue weighted by Crippen LogP contribution is 2.26. The van der Waals surface area contributed by atoms with E-state index < -0.39 is 0 Å². The molecule has 0 amide bonds. The summed E-state index contributed by atoms with van der Waals surface area (Å²) in [5, 5.41) is 10.5. The predicted molar refractivity (Wildman–Crippen MR) is 89.9 cm³/mol. The molecular weight excluding hydrogens is 272 g/mol. The van der Waals surface area contributed by atoms with Gasteiger partial charge in [-0.25, -0.2) is 0 Å². The number of aliphatic hydroxyl groups is 1. The van der Waals surface area contributed by atoms with Gasteiger partial charge in [-0.1, -0.05) is 30.3 Å². The molecule has 1 aromatic heterocycles. The van der Waals surface area contributed by atoms with Gasteiger partial charge in [-0.15, -0.1) is 0 Å². The largest absolute Gasteiger partial charge is 0.393 e. The average molecular weight is 296 g/mol. The van der Waals surface area contributed by atoms with Crippen LogP contribution in [-0.2, 0) is 6.42 Å². The molecule has 2 heterocycles. The molecule has 2 aromatic rings. The standard InChI is InChI=1S/C19H24N2O/c22-19(7-6-16-4-2-1-3-5-16)17-10-14-21(15-11-17)18-8-12-20-13-9-18/h1-5,8-9,12-13,17,19,22H,6-7,10-11,14-15H2. The van der Waals surface area contributed by atoms with Crippen molar-refractivity contribution in [1.82, 2.24) is 4.98 Å². The Kier molecular flexibility index (Phi) is 5.07. The molecule has 1 N–H and O–H groups in total. The van der Waals surface area contributed by atoms with E-state index in [1.54, 1.807) is 0 Å². The molecule has 1 atom stereocenters. The summed E-state index contributed by atoms with van der Waals surface area (Å²) in [5.74, 6) is 0.432. The number of piperidine rings is 1. The molecular formula is C19H24N2O. The molecule has 116 valence electrons. The number of nitrogens with zero attached hydrogens (tertiary/aromatic N) is 2. The zero-order chi connectivity index (χ0) is 15.2. The first-order valence-corrected chi connectivity index (χ1v) is 8.20. The average Bonchev–Trinajstić information content (AvgIpc) is 2.61. The smallest absolute Gasteiger partial charge is 0.0572 e. The fourth-order valence-electron chi connectivity index (χ4n) is 3.29. The molecule has 1 unspecified atom stereocenters. The van der Waals surface area contributed by atoms with Crippen molar-refractivity contribution in [2.24, 2.45) is 5.92 Å². The minimum Gasteiger partial charge on any atom is -0.393 e. The normalized spacial score (nSPS) is 17.4. The summed E-state index contributed by atoms with van der Waals surface area (Å²) in [6, 6.07) is 14.6. The molecule has 0 aliphatic carbocycles. The lowest BCUT2D eigenvalue weighted by molar-refractivity contribution is 0.0850. The third-order valence-corrected chi connectivity index (χ3v) is 4.68. The van der Waals surface area contributed by atoms with Crippen molar-refractivity contribution in [2.75, 3.05) is 18.0 Å². The van der Waals surface area contributed by atoms with Crippen molar-refractivity contribution in [3.63, 3.8) is 0 Å². The summed E-state index contributed by atoms with van der Waals surface area (Å²) in [6.45, 7) is 2.05. The molecule has 3 heteroatoms. The van der Waals surface area contributed by atoms with E-state index in [2.05, 4.69) is 46.3 Å². The molecule has 0 radical (unpaired) electrons. The number of pyridine rings is 1. The van der Waals surface area contributed by atoms with Crippen LogP contribution in [0.5, 0.6) is 0 Å². The summed E-state index contributed by atoms with van der Waals surface area (Å²) in [7, 11) is 0. The quantitative estimate of drug-likeness (QED) is 0.920. The first-order valence-electron chi connectivity index (χ1n) is 8.20. The minimum atomic E-state index is -0.181. The number of hydrogen-bond acceptors (Lipinski definition) is 3. The topological polar surface area (TPSA) is 36.4 Å². The van der Waals surface area contributed by atoms with Gasteiger partial charge in [-0.3, -0.25) is 4.98 Å². The van der Waals surface area contributed by atoms with E-state index in [0.29, 0.717) is 5.92 Å². The SMILES string of the molecule is OC(CCc1ccccc1)C1CCN(c2ccncc2)CC1. The molecule has 1 aliphatic rings. The van der Waals surface area contributed by atoms with Crippen LogP contribution in [0.2, 0.25) is 0 Å². The van der Waals surface area contributed by atoms with E-state index in [4.69, 9.17) is 0 Å². The maximum absolute atomic E-state index is 10.5. The van der Waals surface area contributed by atoms with E-state index in [1.807, 2.05) is 18.5 Å². The van der Waals surface area contributed by atoms with Crippen molar-refractivity contribution in [1.29, 1.82) is 0 Å². The van der Waals surface area contributed by atoms with Gasteiger partial charge in [0.25, 0.3) is 0 Å². The van der Waals surface area contributed by atoms with Gasteiger partial charge in [0.05, 0.1) is 6.10 Å². The van der Waals surface area contributed by atoms with Gasteiger partial charge in [0, 0.05) is 31.2 Å². The maximum atomic E-state index is 10.5. The van der Waals surface area contributed by atoms with Crippen LogP contribution in [0.25, 0.3) is 0 Å². The fourth-order valence-corrected chi connectivity index (χ4v) is 3.29. The van der Waals surface area contributed by atoms with Gasteiger partial charge in [-0.05, 0) is 49.3 Å². The molecule has 1 aliphatic heterocycles. The Bertz CT molecular complexity index is 550. The monoisotopic (exact) mass is 296 g/mol. The summed E-state index contributed by atoms with van der Waals surface area (Å²) in [4.78, 5) is 6.46. The van der Waals surface area contributed by atoms with Crippen molar-refractivity contribution in [3.8, 4) is 0 Å². The van der Waals surface area contributed by atoms with Crippen LogP contribution in [0.3, 0.4) is 0 Å². The molecule has 3 nitrogen and oxygen atoms in total. The minimum absolute atomic E-state index is 0.181. The zero-order valence-corrected chi connectivity index (χ0v) is 12.9. The third kappa shape index (κ3) is 3.86. The summed E-state index contributed by atoms with van der Waals surface area (Å²) in [5.41, 5.74) is 2.56. The molecule has 0 bridgehead atoms. The van der Waals surface area contributed by atoms with Crippen LogP contribution in [-0.4, -0.2) is 29.3 Å². The Morgan fingerprint density at radius 1 is 1.05 bits per heavy atom. The highest BCUT2D eigenvalue weighted by Gasteiger charge is 2.25. The van der Waals surface area contributed by atoms with E-state index in [-0.39, 0.29) is 6.10 Å². The first-order chi connectivity index (χ1) is 10.8. The van der Waals surface area contributed by atoms with Crippen molar-refractivity contribution in [2.45, 2.75) is 31.8 Å². The van der Waals surface area contributed by atoms with Crippen LogP contribution in [0.15, 0.2) is 54.9 Å². The van der Waals surface area contributed by atoms with Gasteiger partial charge in [0.2, 0.25) is 0 Å². The Labute approximate surface area is 132 Å². The van der Waals surface area contributed by atoms with E-state index in [1.165, 1.54) is 11.3 Å². The van der Waals surface area contributed by atoms with Crippen LogP contribution in [0.4, 0.5) is 5.69 Å². The van der Waals surface area contributed by atoms with Crippen molar-refractivity contribution in [3.05, 3.63) is 60.4 Å². The number of hydrogen-bond donors (Lipinski definition) is 1. The highest BCUT2D eigenvalue weighted by molar-refractivity contribution is 5.44. The Hall–Kier alpha value is -1.87. The van der Waals surface area contributed by atoms with Crippen LogP contribution in [0, 0.1) is 5.92 Å². The number of anilines is 1. The van der Waals surface area contributed by atoms with Gasteiger partial charge < -0.3 is 10.0 Å². The second kappa shape index (κ2) is 7.41. The van der Waals surface area contributed by atoms with Crippen molar-refractivity contribution < 1.29 is 5.11 Å². The number of rotatable bonds is 5. The second-order valence-electron chi connectivity index (χ2n) is 6.12.